The second-order valence-electron chi connectivity index (χ2n) is 11.4. The summed E-state index contributed by atoms with van der Waals surface area (Å²) < 4.78 is 60.0. The van der Waals surface area contributed by atoms with Crippen LogP contribution in [0.4, 0.5) is 0 Å². The van der Waals surface area contributed by atoms with E-state index < -0.39 is 38.2 Å². The van der Waals surface area contributed by atoms with Gasteiger partial charge in [-0.05, 0) is 98.3 Å². The van der Waals surface area contributed by atoms with Gasteiger partial charge in [0.1, 0.15) is 0 Å². The Hall–Kier alpha value is -3.14. The normalized spacial score (nSPS) is 21.0. The lowest BCUT2D eigenvalue weighted by Crippen LogP contribution is -2.38. The molecule has 2 aliphatic rings. The zero-order valence-electron chi connectivity index (χ0n) is 24.3. The van der Waals surface area contributed by atoms with Crippen LogP contribution in [0.2, 0.25) is 10.0 Å². The summed E-state index contributed by atoms with van der Waals surface area (Å²) in [4.78, 5) is 0.375. The lowest BCUT2D eigenvalue weighted by molar-refractivity contribution is 0.345. The molecule has 6 rings (SSSR count). The van der Waals surface area contributed by atoms with Crippen LogP contribution in [-0.2, 0) is 20.0 Å². The molecule has 0 unspecified atom stereocenters. The summed E-state index contributed by atoms with van der Waals surface area (Å²) in [6.07, 6.45) is 3.10. The van der Waals surface area contributed by atoms with Gasteiger partial charge < -0.3 is 0 Å². The van der Waals surface area contributed by atoms with E-state index in [1.807, 2.05) is 38.1 Å². The molecule has 0 amide bonds. The van der Waals surface area contributed by atoms with E-state index in [9.17, 15) is 16.8 Å². The van der Waals surface area contributed by atoms with Crippen LogP contribution < -0.4 is 0 Å². The molecule has 4 aromatic carbocycles. The largest absolute Gasteiger partial charge is 0.266 e. The molecular weight excluding hydrogens is 635 g/mol. The summed E-state index contributed by atoms with van der Waals surface area (Å²) in [7, 11) is -7.94. The summed E-state index contributed by atoms with van der Waals surface area (Å²) in [6, 6.07) is 26.4. The van der Waals surface area contributed by atoms with E-state index in [2.05, 4.69) is 0 Å². The van der Waals surface area contributed by atoms with Crippen LogP contribution in [0.3, 0.4) is 0 Å². The maximum atomic E-state index is 14.4. The Morgan fingerprint density at radius 3 is 1.50 bits per heavy atom. The molecule has 44 heavy (non-hydrogen) atoms. The molecule has 6 nitrogen and oxygen atoms in total. The van der Waals surface area contributed by atoms with E-state index in [0.717, 1.165) is 27.8 Å². The van der Waals surface area contributed by atoms with Crippen LogP contribution in [0.1, 0.15) is 53.6 Å². The standard InChI is InChI=1S/C34H32Cl2N2O4S2/c1-23-3-15-30(16-4-23)43(39,40)37-22-27(21-34(37)26-9-13-29(36)14-10-26)33-20-19-32(25-7-11-28(35)12-8-25)38(33)44(41,42)31-17-5-24(2)6-18-31/h3-18,22,32-34H,19-21H2,1-2H3/t32-,33+,34-/m0/s1. The van der Waals surface area contributed by atoms with Crippen molar-refractivity contribution in [3.63, 3.8) is 0 Å². The monoisotopic (exact) mass is 666 g/mol. The quantitative estimate of drug-likeness (QED) is 0.199. The number of halogens is 2. The van der Waals surface area contributed by atoms with Crippen LogP contribution in [-0.4, -0.2) is 31.5 Å². The van der Waals surface area contributed by atoms with E-state index in [-0.39, 0.29) is 9.79 Å². The van der Waals surface area contributed by atoms with Crippen molar-refractivity contribution >= 4 is 43.2 Å². The maximum absolute atomic E-state index is 14.4. The van der Waals surface area contributed by atoms with E-state index in [0.29, 0.717) is 29.3 Å². The van der Waals surface area contributed by atoms with Crippen LogP contribution in [0.15, 0.2) is 119 Å². The van der Waals surface area contributed by atoms with Crippen LogP contribution in [0.5, 0.6) is 0 Å². The van der Waals surface area contributed by atoms with Gasteiger partial charge in [0.15, 0.2) is 0 Å². The lowest BCUT2D eigenvalue weighted by Gasteiger charge is -2.30. The Kier molecular flexibility index (Phi) is 8.41. The van der Waals surface area contributed by atoms with Gasteiger partial charge in [0.05, 0.1) is 21.9 Å². The molecule has 1 saturated heterocycles. The van der Waals surface area contributed by atoms with Crippen molar-refractivity contribution in [1.29, 1.82) is 0 Å². The summed E-state index contributed by atoms with van der Waals surface area (Å²) in [5, 5.41) is 1.11. The zero-order valence-corrected chi connectivity index (χ0v) is 27.4. The molecule has 0 radical (unpaired) electrons. The summed E-state index contributed by atoms with van der Waals surface area (Å²) >= 11 is 12.4. The molecule has 0 spiro atoms. The second-order valence-corrected chi connectivity index (χ2v) is 16.0. The third kappa shape index (κ3) is 5.82. The van der Waals surface area contributed by atoms with Crippen molar-refractivity contribution < 1.29 is 16.8 Å². The molecule has 0 bridgehead atoms. The van der Waals surface area contributed by atoms with Crippen molar-refractivity contribution in [1.82, 2.24) is 8.61 Å². The zero-order chi connectivity index (χ0) is 31.2. The molecule has 0 N–H and O–H groups in total. The molecule has 0 saturated carbocycles. The van der Waals surface area contributed by atoms with E-state index in [1.165, 1.54) is 4.31 Å². The Balaban J connectivity index is 1.46. The van der Waals surface area contributed by atoms with Crippen molar-refractivity contribution in [3.8, 4) is 0 Å². The number of benzene rings is 4. The minimum atomic E-state index is -3.97. The first-order chi connectivity index (χ1) is 20.9. The third-order valence-corrected chi connectivity index (χ3v) is 12.7. The molecule has 1 fully saturated rings. The highest BCUT2D eigenvalue weighted by Crippen LogP contribution is 2.48. The number of rotatable bonds is 7. The predicted octanol–water partition coefficient (Wildman–Crippen LogP) is 8.22. The molecule has 2 aliphatic heterocycles. The first-order valence-electron chi connectivity index (χ1n) is 14.4. The molecule has 0 aliphatic carbocycles. The van der Waals surface area contributed by atoms with Gasteiger partial charge in [-0.15, -0.1) is 0 Å². The summed E-state index contributed by atoms with van der Waals surface area (Å²) in [6.45, 7) is 3.82. The van der Waals surface area contributed by atoms with Crippen molar-refractivity contribution in [2.24, 2.45) is 0 Å². The highest BCUT2D eigenvalue weighted by Gasteiger charge is 2.47. The average molecular weight is 668 g/mol. The number of sulfonamides is 2. The molecule has 4 aromatic rings. The molecule has 0 aromatic heterocycles. The van der Waals surface area contributed by atoms with Gasteiger partial charge in [-0.3, -0.25) is 4.31 Å². The van der Waals surface area contributed by atoms with E-state index in [4.69, 9.17) is 23.2 Å². The fraction of sp³-hybridized carbons (Fsp3) is 0.235. The Bertz CT molecular complexity index is 1910. The van der Waals surface area contributed by atoms with Crippen LogP contribution in [0, 0.1) is 13.8 Å². The van der Waals surface area contributed by atoms with Crippen molar-refractivity contribution in [2.45, 2.75) is 61.0 Å². The lowest BCUT2D eigenvalue weighted by atomic mass is 9.98. The first kappa shape index (κ1) is 30.9. The molecule has 228 valence electrons. The van der Waals surface area contributed by atoms with E-state index in [1.54, 1.807) is 83.3 Å². The van der Waals surface area contributed by atoms with Gasteiger partial charge in [-0.1, -0.05) is 82.9 Å². The molecule has 3 atom stereocenters. The SMILES string of the molecule is Cc1ccc(S(=O)(=O)N2C=C([C@H]3CC[C@@H](c4ccc(Cl)cc4)N3S(=O)(=O)c3ccc(C)cc3)C[C@H]2c2ccc(Cl)cc2)cc1. The topological polar surface area (TPSA) is 74.8 Å². The number of nitrogens with zero attached hydrogens (tertiary/aromatic N) is 2. The minimum absolute atomic E-state index is 0.175. The predicted molar refractivity (Wildman–Crippen MR) is 175 cm³/mol. The summed E-state index contributed by atoms with van der Waals surface area (Å²) in [5.74, 6) is 0. The third-order valence-electron chi connectivity index (χ3n) is 8.49. The second kappa shape index (κ2) is 12.0. The number of aryl methyl sites for hydroxylation is 2. The number of hydrogen-bond acceptors (Lipinski definition) is 4. The molecule has 10 heteroatoms. The highest BCUT2D eigenvalue weighted by atomic mass is 35.5. The van der Waals surface area contributed by atoms with E-state index >= 15 is 0 Å². The first-order valence-corrected chi connectivity index (χ1v) is 18.0. The summed E-state index contributed by atoms with van der Waals surface area (Å²) in [5.41, 5.74) is 4.26. The van der Waals surface area contributed by atoms with Crippen LogP contribution in [0.25, 0.3) is 0 Å². The van der Waals surface area contributed by atoms with Gasteiger partial charge in [0.25, 0.3) is 10.0 Å². The molecular formula is C34H32Cl2N2O4S2. The molecule has 2 heterocycles. The highest BCUT2D eigenvalue weighted by molar-refractivity contribution is 7.89. The fourth-order valence-corrected chi connectivity index (χ4v) is 9.80. The smallest absolute Gasteiger partial charge is 0.264 e. The maximum Gasteiger partial charge on any atom is 0.264 e. The van der Waals surface area contributed by atoms with Gasteiger partial charge in [-0.25, -0.2) is 16.8 Å². The fourth-order valence-electron chi connectivity index (χ4n) is 6.16. The number of hydrogen-bond donors (Lipinski definition) is 0. The van der Waals surface area contributed by atoms with Crippen molar-refractivity contribution in [2.75, 3.05) is 0 Å². The van der Waals surface area contributed by atoms with Crippen molar-refractivity contribution in [3.05, 3.63) is 141 Å². The Morgan fingerprint density at radius 1 is 0.568 bits per heavy atom. The van der Waals surface area contributed by atoms with Crippen LogP contribution >= 0.6 is 23.2 Å². The van der Waals surface area contributed by atoms with Gasteiger partial charge in [0.2, 0.25) is 10.0 Å². The Morgan fingerprint density at radius 2 is 1.00 bits per heavy atom. The average Bonchev–Trinajstić information content (AvgIpc) is 3.65. The Labute approximate surface area is 269 Å². The minimum Gasteiger partial charge on any atom is -0.266 e. The van der Waals surface area contributed by atoms with Gasteiger partial charge in [-0.2, -0.15) is 4.31 Å². The van der Waals surface area contributed by atoms with Gasteiger partial charge >= 0.3 is 0 Å². The van der Waals surface area contributed by atoms with Gasteiger partial charge in [0, 0.05) is 22.3 Å².